The largest absolute Gasteiger partial charge is 0.489 e. The van der Waals surface area contributed by atoms with Crippen LogP contribution >= 0.6 is 24.0 Å². The first kappa shape index (κ1) is 19.0. The Labute approximate surface area is 149 Å². The van der Waals surface area contributed by atoms with Crippen molar-refractivity contribution in [3.8, 4) is 11.5 Å². The Morgan fingerprint density at radius 3 is 2.83 bits per heavy atom. The fourth-order valence-corrected chi connectivity index (χ4v) is 2.89. The SMILES string of the molecule is Cl.O=C(NCc1cc(Cl)c2c(c1)OCCCO2)C1CC(F)(F)CN1. The Hall–Kier alpha value is -1.31. The molecule has 1 unspecified atom stereocenters. The molecule has 9 heteroatoms. The molecular formula is C15H18Cl2F2N2O3. The maximum Gasteiger partial charge on any atom is 0.262 e. The van der Waals surface area contributed by atoms with Crippen LogP contribution in [0.4, 0.5) is 8.78 Å². The minimum atomic E-state index is -2.83. The first-order valence-electron chi connectivity index (χ1n) is 7.41. The van der Waals surface area contributed by atoms with E-state index in [1.165, 1.54) is 0 Å². The van der Waals surface area contributed by atoms with Crippen molar-refractivity contribution in [1.82, 2.24) is 10.6 Å². The molecule has 1 amide bonds. The molecule has 1 aromatic carbocycles. The third-order valence-electron chi connectivity index (χ3n) is 3.76. The van der Waals surface area contributed by atoms with E-state index >= 15 is 0 Å². The van der Waals surface area contributed by atoms with Gasteiger partial charge < -0.3 is 14.8 Å². The fraction of sp³-hybridized carbons (Fsp3) is 0.533. The Morgan fingerprint density at radius 1 is 1.38 bits per heavy atom. The number of nitrogens with one attached hydrogen (secondary N) is 2. The van der Waals surface area contributed by atoms with Crippen LogP contribution in [-0.4, -0.2) is 37.6 Å². The maximum atomic E-state index is 13.1. The van der Waals surface area contributed by atoms with Crippen molar-refractivity contribution in [3.63, 3.8) is 0 Å². The van der Waals surface area contributed by atoms with Crippen molar-refractivity contribution in [2.24, 2.45) is 0 Å². The summed E-state index contributed by atoms with van der Waals surface area (Å²) >= 11 is 6.17. The van der Waals surface area contributed by atoms with E-state index in [0.29, 0.717) is 29.7 Å². The van der Waals surface area contributed by atoms with Gasteiger partial charge >= 0.3 is 0 Å². The van der Waals surface area contributed by atoms with E-state index in [-0.39, 0.29) is 19.0 Å². The molecule has 0 aromatic heterocycles. The lowest BCUT2D eigenvalue weighted by Crippen LogP contribution is -2.40. The van der Waals surface area contributed by atoms with Crippen LogP contribution < -0.4 is 20.1 Å². The molecule has 0 bridgehead atoms. The number of rotatable bonds is 3. The molecule has 24 heavy (non-hydrogen) atoms. The van der Waals surface area contributed by atoms with Gasteiger partial charge in [0.25, 0.3) is 5.92 Å². The number of halogens is 4. The van der Waals surface area contributed by atoms with Crippen molar-refractivity contribution >= 4 is 29.9 Å². The van der Waals surface area contributed by atoms with Gasteiger partial charge in [-0.2, -0.15) is 0 Å². The molecular weight excluding hydrogens is 365 g/mol. The smallest absolute Gasteiger partial charge is 0.262 e. The number of hydrogen-bond donors (Lipinski definition) is 2. The Morgan fingerprint density at radius 2 is 2.12 bits per heavy atom. The lowest BCUT2D eigenvalue weighted by molar-refractivity contribution is -0.123. The monoisotopic (exact) mass is 382 g/mol. The highest BCUT2D eigenvalue weighted by molar-refractivity contribution is 6.32. The van der Waals surface area contributed by atoms with Crippen molar-refractivity contribution < 1.29 is 23.0 Å². The number of amides is 1. The summed E-state index contributed by atoms with van der Waals surface area (Å²) in [4.78, 5) is 11.9. The van der Waals surface area contributed by atoms with Crippen LogP contribution in [0.3, 0.4) is 0 Å². The van der Waals surface area contributed by atoms with E-state index in [0.717, 1.165) is 12.0 Å². The van der Waals surface area contributed by atoms with E-state index in [4.69, 9.17) is 21.1 Å². The quantitative estimate of drug-likeness (QED) is 0.843. The molecule has 1 saturated heterocycles. The van der Waals surface area contributed by atoms with E-state index in [1.807, 2.05) is 0 Å². The number of alkyl halides is 2. The Balaban J connectivity index is 0.00000208. The molecule has 0 radical (unpaired) electrons. The highest BCUT2D eigenvalue weighted by Crippen LogP contribution is 2.38. The van der Waals surface area contributed by atoms with Gasteiger partial charge in [-0.3, -0.25) is 10.1 Å². The molecule has 134 valence electrons. The summed E-state index contributed by atoms with van der Waals surface area (Å²) in [6, 6.07) is 2.54. The number of hydrogen-bond acceptors (Lipinski definition) is 4. The van der Waals surface area contributed by atoms with Crippen molar-refractivity contribution in [2.45, 2.75) is 31.4 Å². The van der Waals surface area contributed by atoms with Gasteiger partial charge in [-0.1, -0.05) is 11.6 Å². The van der Waals surface area contributed by atoms with Gasteiger partial charge in [0, 0.05) is 19.4 Å². The van der Waals surface area contributed by atoms with Crippen LogP contribution in [0.2, 0.25) is 5.02 Å². The second-order valence-electron chi connectivity index (χ2n) is 5.67. The van der Waals surface area contributed by atoms with Gasteiger partial charge in [-0.15, -0.1) is 12.4 Å². The summed E-state index contributed by atoms with van der Waals surface area (Å²) in [6.07, 6.45) is 0.277. The van der Waals surface area contributed by atoms with Crippen LogP contribution in [-0.2, 0) is 11.3 Å². The number of fused-ring (bicyclic) bond motifs is 1. The van der Waals surface area contributed by atoms with Crippen molar-refractivity contribution in [2.75, 3.05) is 19.8 Å². The lowest BCUT2D eigenvalue weighted by Gasteiger charge is -2.14. The molecule has 3 rings (SSSR count). The predicted molar refractivity (Wildman–Crippen MR) is 87.5 cm³/mol. The molecule has 1 atom stereocenters. The van der Waals surface area contributed by atoms with Crippen LogP contribution in [0.5, 0.6) is 11.5 Å². The highest BCUT2D eigenvalue weighted by Gasteiger charge is 2.42. The lowest BCUT2D eigenvalue weighted by atomic mass is 10.1. The topological polar surface area (TPSA) is 59.6 Å². The normalized spacial score (nSPS) is 21.5. The standard InChI is InChI=1S/C15H17ClF2N2O3.ClH/c16-10-4-9(5-12-13(10)23-3-1-2-22-12)7-19-14(21)11-6-15(17,18)8-20-11;/h4-5,11,20H,1-3,6-8H2,(H,19,21);1H. The summed E-state index contributed by atoms with van der Waals surface area (Å²) in [5, 5.41) is 5.56. The molecule has 2 aliphatic heterocycles. The van der Waals surface area contributed by atoms with Crippen LogP contribution in [0.25, 0.3) is 0 Å². The molecule has 0 saturated carbocycles. The summed E-state index contributed by atoms with van der Waals surface area (Å²) in [5.41, 5.74) is 0.720. The average Bonchev–Trinajstić information content (AvgIpc) is 2.72. The minimum Gasteiger partial charge on any atom is -0.489 e. The number of carbonyl (C=O) groups is 1. The van der Waals surface area contributed by atoms with E-state index in [2.05, 4.69) is 10.6 Å². The van der Waals surface area contributed by atoms with Gasteiger partial charge in [-0.25, -0.2) is 8.78 Å². The zero-order valence-electron chi connectivity index (χ0n) is 12.7. The van der Waals surface area contributed by atoms with Crippen molar-refractivity contribution in [3.05, 3.63) is 22.7 Å². The first-order chi connectivity index (χ1) is 10.9. The minimum absolute atomic E-state index is 0. The van der Waals surface area contributed by atoms with Gasteiger partial charge in [0.2, 0.25) is 5.91 Å². The van der Waals surface area contributed by atoms with Crippen molar-refractivity contribution in [1.29, 1.82) is 0 Å². The molecule has 1 aromatic rings. The number of carbonyl (C=O) groups excluding carboxylic acids is 1. The second-order valence-corrected chi connectivity index (χ2v) is 6.07. The summed E-state index contributed by atoms with van der Waals surface area (Å²) in [7, 11) is 0. The Bertz CT molecular complexity index is 617. The summed E-state index contributed by atoms with van der Waals surface area (Å²) in [6.45, 7) is 0.768. The van der Waals surface area contributed by atoms with Gasteiger partial charge in [0.15, 0.2) is 11.5 Å². The van der Waals surface area contributed by atoms with E-state index in [1.54, 1.807) is 12.1 Å². The highest BCUT2D eigenvalue weighted by atomic mass is 35.5. The molecule has 0 aliphatic carbocycles. The molecule has 0 spiro atoms. The fourth-order valence-electron chi connectivity index (χ4n) is 2.60. The zero-order chi connectivity index (χ0) is 16.4. The number of ether oxygens (including phenoxy) is 2. The van der Waals surface area contributed by atoms with Gasteiger partial charge in [-0.05, 0) is 17.7 Å². The second kappa shape index (κ2) is 7.72. The summed E-state index contributed by atoms with van der Waals surface area (Å²) < 4.78 is 37.3. The molecule has 2 N–H and O–H groups in total. The summed E-state index contributed by atoms with van der Waals surface area (Å²) in [5.74, 6) is -2.26. The zero-order valence-corrected chi connectivity index (χ0v) is 14.3. The van der Waals surface area contributed by atoms with Gasteiger partial charge in [0.1, 0.15) is 0 Å². The third kappa shape index (κ3) is 4.40. The van der Waals surface area contributed by atoms with Crippen LogP contribution in [0.1, 0.15) is 18.4 Å². The van der Waals surface area contributed by atoms with E-state index in [9.17, 15) is 13.6 Å². The predicted octanol–water partition coefficient (Wildman–Crippen LogP) is 2.54. The molecule has 2 aliphatic rings. The van der Waals surface area contributed by atoms with Crippen LogP contribution in [0, 0.1) is 0 Å². The number of benzene rings is 1. The van der Waals surface area contributed by atoms with Gasteiger partial charge in [0.05, 0.1) is 30.8 Å². The molecule has 5 nitrogen and oxygen atoms in total. The van der Waals surface area contributed by atoms with E-state index < -0.39 is 30.8 Å². The molecule has 2 heterocycles. The average molecular weight is 383 g/mol. The van der Waals surface area contributed by atoms with Crippen LogP contribution in [0.15, 0.2) is 12.1 Å². The third-order valence-corrected chi connectivity index (χ3v) is 4.04. The maximum absolute atomic E-state index is 13.1. The molecule has 1 fully saturated rings. The first-order valence-corrected chi connectivity index (χ1v) is 7.79. The Kier molecular flexibility index (Phi) is 6.11.